The van der Waals surface area contributed by atoms with Crippen LogP contribution in [-0.4, -0.2) is 23.3 Å². The summed E-state index contributed by atoms with van der Waals surface area (Å²) in [5, 5.41) is 9.22. The molecule has 0 fully saturated rings. The van der Waals surface area contributed by atoms with Gasteiger partial charge in [0, 0.05) is 10.4 Å². The number of hydrogen-bond donors (Lipinski definition) is 2. The van der Waals surface area contributed by atoms with Crippen LogP contribution in [0.5, 0.6) is 11.5 Å². The van der Waals surface area contributed by atoms with Crippen LogP contribution in [0, 0.1) is 0 Å². The van der Waals surface area contributed by atoms with Crippen LogP contribution in [0.1, 0.15) is 16.9 Å². The number of aromatic nitrogens is 1. The zero-order chi connectivity index (χ0) is 14.2. The van der Waals surface area contributed by atoms with Gasteiger partial charge in [0.25, 0.3) is 0 Å². The van der Waals surface area contributed by atoms with Gasteiger partial charge in [-0.05, 0) is 37.0 Å². The lowest BCUT2D eigenvalue weighted by molar-refractivity contribution is 0.174. The van der Waals surface area contributed by atoms with E-state index in [1.165, 1.54) is 16.8 Å². The number of benzene rings is 1. The molecular weight excluding hydrogens is 290 g/mol. The van der Waals surface area contributed by atoms with Crippen LogP contribution < -0.4 is 15.0 Å². The lowest BCUT2D eigenvalue weighted by Crippen LogP contribution is -2.00. The molecule has 1 aliphatic heterocycles. The number of hydrogen-bond acceptors (Lipinski definition) is 6. The van der Waals surface area contributed by atoms with Gasteiger partial charge in [-0.25, -0.2) is 9.98 Å². The number of aliphatic imine (C=N–C) groups is 1. The largest absolute Gasteiger partial charge is 0.454 e. The van der Waals surface area contributed by atoms with E-state index in [1.54, 1.807) is 11.3 Å². The van der Waals surface area contributed by atoms with Crippen molar-refractivity contribution in [2.24, 2.45) is 4.99 Å². The molecule has 2 aromatic rings. The van der Waals surface area contributed by atoms with Crippen LogP contribution in [0.2, 0.25) is 0 Å². The third-order valence-electron chi connectivity index (χ3n) is 3.62. The molecule has 4 rings (SSSR count). The number of aryl methyl sites for hydroxylation is 2. The van der Waals surface area contributed by atoms with Gasteiger partial charge in [-0.2, -0.15) is 0 Å². The van der Waals surface area contributed by atoms with E-state index < -0.39 is 0 Å². The molecule has 0 unspecified atom stereocenters. The minimum Gasteiger partial charge on any atom is -0.454 e. The average molecular weight is 303 g/mol. The van der Waals surface area contributed by atoms with Gasteiger partial charge in [0.15, 0.2) is 11.5 Å². The van der Waals surface area contributed by atoms with Crippen molar-refractivity contribution in [2.45, 2.75) is 19.3 Å². The van der Waals surface area contributed by atoms with E-state index in [1.807, 2.05) is 11.5 Å². The highest BCUT2D eigenvalue weighted by Gasteiger charge is 2.24. The van der Waals surface area contributed by atoms with Gasteiger partial charge in [-0.1, -0.05) is 11.3 Å². The molecule has 6 nitrogen and oxygen atoms in total. The molecule has 2 N–H and O–H groups in total. The molecule has 7 heteroatoms. The Morgan fingerprint density at radius 3 is 3.00 bits per heavy atom. The number of hydroxylamine groups is 1. The van der Waals surface area contributed by atoms with E-state index in [4.69, 9.17) is 14.7 Å². The third-order valence-corrected chi connectivity index (χ3v) is 4.65. The fourth-order valence-electron chi connectivity index (χ4n) is 2.71. The molecular formula is C14H13N3O3S. The first-order valence-electron chi connectivity index (χ1n) is 6.70. The minimum absolute atomic E-state index is 0.278. The first-order valence-corrected chi connectivity index (χ1v) is 7.51. The van der Waals surface area contributed by atoms with E-state index >= 15 is 0 Å². The van der Waals surface area contributed by atoms with Gasteiger partial charge in [0.1, 0.15) is 6.34 Å². The summed E-state index contributed by atoms with van der Waals surface area (Å²) in [7, 11) is 0. The van der Waals surface area contributed by atoms with Gasteiger partial charge < -0.3 is 9.47 Å². The van der Waals surface area contributed by atoms with Crippen molar-refractivity contribution in [3.63, 3.8) is 0 Å². The monoisotopic (exact) mass is 303 g/mol. The molecule has 0 saturated carbocycles. The van der Waals surface area contributed by atoms with Gasteiger partial charge in [0.05, 0.1) is 5.69 Å². The zero-order valence-corrected chi connectivity index (χ0v) is 11.9. The highest BCUT2D eigenvalue weighted by atomic mass is 32.1. The fraction of sp³-hybridized carbons (Fsp3) is 0.286. The lowest BCUT2D eigenvalue weighted by atomic mass is 10.0. The van der Waals surface area contributed by atoms with Crippen molar-refractivity contribution < 1.29 is 14.7 Å². The van der Waals surface area contributed by atoms with Gasteiger partial charge in [0.2, 0.25) is 11.9 Å². The Morgan fingerprint density at radius 1 is 1.29 bits per heavy atom. The van der Waals surface area contributed by atoms with E-state index in [9.17, 15) is 0 Å². The summed E-state index contributed by atoms with van der Waals surface area (Å²) >= 11 is 1.55. The quantitative estimate of drug-likeness (QED) is 0.507. The molecule has 0 amide bonds. The topological polar surface area (TPSA) is 76.0 Å². The Hall–Kier alpha value is -2.12. The molecule has 0 bridgehead atoms. The molecule has 0 atom stereocenters. The molecule has 1 aromatic carbocycles. The Kier molecular flexibility index (Phi) is 3.01. The summed E-state index contributed by atoms with van der Waals surface area (Å²) in [5.74, 6) is 1.59. The summed E-state index contributed by atoms with van der Waals surface area (Å²) in [6.07, 6.45) is 4.28. The summed E-state index contributed by atoms with van der Waals surface area (Å²) in [6.45, 7) is 0.278. The molecule has 21 heavy (non-hydrogen) atoms. The van der Waals surface area contributed by atoms with Crippen LogP contribution in [0.3, 0.4) is 0 Å². The zero-order valence-electron chi connectivity index (χ0n) is 11.1. The molecule has 0 saturated heterocycles. The predicted molar refractivity (Wildman–Crippen MR) is 78.8 cm³/mol. The van der Waals surface area contributed by atoms with Crippen molar-refractivity contribution in [1.82, 2.24) is 10.5 Å². The SMILES string of the molecule is ONC=Nc1nc2c(s1)CCCc1cc3c(cc1-2)OCO3. The molecule has 1 aromatic heterocycles. The number of ether oxygens (including phenoxy) is 2. The maximum Gasteiger partial charge on any atom is 0.231 e. The smallest absolute Gasteiger partial charge is 0.231 e. The first-order chi connectivity index (χ1) is 10.3. The van der Waals surface area contributed by atoms with E-state index in [-0.39, 0.29) is 6.79 Å². The molecule has 2 heterocycles. The molecule has 1 aliphatic carbocycles. The summed E-state index contributed by atoms with van der Waals surface area (Å²) in [5.41, 5.74) is 5.20. The van der Waals surface area contributed by atoms with Crippen LogP contribution in [-0.2, 0) is 12.8 Å². The summed E-state index contributed by atoms with van der Waals surface area (Å²) in [6, 6.07) is 4.07. The van der Waals surface area contributed by atoms with Gasteiger partial charge >= 0.3 is 0 Å². The third kappa shape index (κ3) is 2.14. The highest BCUT2D eigenvalue weighted by Crippen LogP contribution is 2.43. The summed E-state index contributed by atoms with van der Waals surface area (Å²) in [4.78, 5) is 9.88. The van der Waals surface area contributed by atoms with Crippen molar-refractivity contribution in [3.05, 3.63) is 22.6 Å². The number of thiazole rings is 1. The molecule has 2 aliphatic rings. The maximum absolute atomic E-state index is 8.59. The van der Waals surface area contributed by atoms with E-state index in [0.717, 1.165) is 42.0 Å². The predicted octanol–water partition coefficient (Wildman–Crippen LogP) is 2.67. The van der Waals surface area contributed by atoms with Crippen LogP contribution in [0.15, 0.2) is 17.1 Å². The first kappa shape index (κ1) is 12.6. The van der Waals surface area contributed by atoms with Crippen molar-refractivity contribution in [1.29, 1.82) is 0 Å². The van der Waals surface area contributed by atoms with Crippen molar-refractivity contribution >= 4 is 22.8 Å². The maximum atomic E-state index is 8.59. The van der Waals surface area contributed by atoms with Crippen molar-refractivity contribution in [3.8, 4) is 22.8 Å². The molecule has 0 radical (unpaired) electrons. The fourth-order valence-corrected chi connectivity index (χ4v) is 3.67. The number of nitrogens with one attached hydrogen (secondary N) is 1. The standard InChI is InChI=1S/C14H13N3O3S/c18-16-6-15-14-17-13-9-5-11-10(19-7-20-11)4-8(9)2-1-3-12(13)21-14/h4-6,18H,1-3,7H2,(H,15,16,17). The Bertz CT molecular complexity index is 726. The van der Waals surface area contributed by atoms with Crippen molar-refractivity contribution in [2.75, 3.05) is 6.79 Å². The summed E-state index contributed by atoms with van der Waals surface area (Å²) < 4.78 is 10.9. The van der Waals surface area contributed by atoms with Crippen LogP contribution in [0.4, 0.5) is 5.13 Å². The van der Waals surface area contributed by atoms with Gasteiger partial charge in [-0.3, -0.25) is 10.7 Å². The number of nitrogens with zero attached hydrogens (tertiary/aromatic N) is 2. The van der Waals surface area contributed by atoms with E-state index in [2.05, 4.69) is 16.0 Å². The Morgan fingerprint density at radius 2 is 2.14 bits per heavy atom. The van der Waals surface area contributed by atoms with E-state index in [0.29, 0.717) is 5.13 Å². The number of fused-ring (bicyclic) bond motifs is 4. The van der Waals surface area contributed by atoms with Gasteiger partial charge in [-0.15, -0.1) is 0 Å². The lowest BCUT2D eigenvalue weighted by Gasteiger charge is -2.07. The Balaban J connectivity index is 1.84. The average Bonchev–Trinajstić information content (AvgIpc) is 3.07. The molecule has 108 valence electrons. The van der Waals surface area contributed by atoms with Crippen LogP contribution >= 0.6 is 11.3 Å². The molecule has 0 spiro atoms. The Labute approximate surface area is 125 Å². The normalized spacial score (nSPS) is 15.7. The second-order valence-corrected chi connectivity index (χ2v) is 5.93. The second kappa shape index (κ2) is 5.01. The van der Waals surface area contributed by atoms with Crippen LogP contribution in [0.25, 0.3) is 11.3 Å². The second-order valence-electron chi connectivity index (χ2n) is 4.87. The minimum atomic E-state index is 0.278. The highest BCUT2D eigenvalue weighted by molar-refractivity contribution is 7.15. The number of rotatable bonds is 2.